The van der Waals surface area contributed by atoms with Crippen molar-refractivity contribution in [3.05, 3.63) is 23.8 Å². The molecule has 3 atom stereocenters. The van der Waals surface area contributed by atoms with Crippen LogP contribution in [0.15, 0.2) is 18.2 Å². The van der Waals surface area contributed by atoms with Crippen LogP contribution in [0, 0.1) is 17.8 Å². The first kappa shape index (κ1) is 15.2. The summed E-state index contributed by atoms with van der Waals surface area (Å²) in [5.41, 5.74) is 2.42. The molecule has 4 aliphatic rings. The normalized spacial score (nSPS) is 31.3. The first-order valence-corrected chi connectivity index (χ1v) is 9.53. The Hall–Kier alpha value is -2.04. The lowest BCUT2D eigenvalue weighted by atomic mass is 9.80. The maximum absolute atomic E-state index is 13.1. The maximum atomic E-state index is 13.1. The van der Waals surface area contributed by atoms with Crippen LogP contribution < -0.4 is 10.2 Å². The van der Waals surface area contributed by atoms with Crippen molar-refractivity contribution >= 4 is 23.2 Å². The lowest BCUT2D eigenvalue weighted by molar-refractivity contribution is -0.117. The fraction of sp³-hybridized carbons (Fsp3) is 0.600. The van der Waals surface area contributed by atoms with Crippen LogP contribution in [0.4, 0.5) is 11.4 Å². The zero-order valence-electron chi connectivity index (χ0n) is 14.9. The van der Waals surface area contributed by atoms with Crippen molar-refractivity contribution < 1.29 is 9.59 Å². The number of carbonyl (C=O) groups is 2. The maximum Gasteiger partial charge on any atom is 0.254 e. The molecule has 5 rings (SSSR count). The topological polar surface area (TPSA) is 52.7 Å². The highest BCUT2D eigenvalue weighted by Gasteiger charge is 2.54. The average molecular weight is 339 g/mol. The van der Waals surface area contributed by atoms with Gasteiger partial charge in [-0.2, -0.15) is 0 Å². The molecule has 132 valence electrons. The van der Waals surface area contributed by atoms with Gasteiger partial charge in [-0.25, -0.2) is 0 Å². The predicted octanol–water partition coefficient (Wildman–Crippen LogP) is 2.72. The van der Waals surface area contributed by atoms with Crippen molar-refractivity contribution in [3.63, 3.8) is 0 Å². The second-order valence-corrected chi connectivity index (χ2v) is 8.29. The van der Waals surface area contributed by atoms with E-state index in [4.69, 9.17) is 0 Å². The lowest BCUT2D eigenvalue weighted by Crippen LogP contribution is -2.60. The summed E-state index contributed by atoms with van der Waals surface area (Å²) in [6, 6.07) is 6.00. The summed E-state index contributed by atoms with van der Waals surface area (Å²) in [7, 11) is 1.92. The Labute approximate surface area is 148 Å². The molecule has 2 amide bonds. The van der Waals surface area contributed by atoms with Gasteiger partial charge in [0.15, 0.2) is 0 Å². The number of hydrogen-bond donors (Lipinski definition) is 1. The molecule has 3 fully saturated rings. The van der Waals surface area contributed by atoms with Crippen LogP contribution in [-0.2, 0) is 4.79 Å². The average Bonchev–Trinajstić information content (AvgIpc) is 3.46. The van der Waals surface area contributed by atoms with Gasteiger partial charge in [0.1, 0.15) is 6.04 Å². The second-order valence-electron chi connectivity index (χ2n) is 8.29. The van der Waals surface area contributed by atoms with Crippen LogP contribution >= 0.6 is 0 Å². The smallest absolute Gasteiger partial charge is 0.254 e. The molecule has 25 heavy (non-hydrogen) atoms. The molecule has 1 N–H and O–H groups in total. The molecule has 5 heteroatoms. The van der Waals surface area contributed by atoms with Crippen molar-refractivity contribution in [3.8, 4) is 0 Å². The van der Waals surface area contributed by atoms with Gasteiger partial charge in [0.25, 0.3) is 5.91 Å². The predicted molar refractivity (Wildman–Crippen MR) is 96.7 cm³/mol. The molecule has 0 bridgehead atoms. The minimum atomic E-state index is -0.192. The largest absolute Gasteiger partial charge is 0.361 e. The summed E-state index contributed by atoms with van der Waals surface area (Å²) in [6.07, 6.45) is 5.26. The van der Waals surface area contributed by atoms with Crippen LogP contribution in [-0.4, -0.2) is 42.4 Å². The number of amides is 2. The third-order valence-corrected chi connectivity index (χ3v) is 6.64. The van der Waals surface area contributed by atoms with Gasteiger partial charge in [-0.3, -0.25) is 9.59 Å². The van der Waals surface area contributed by atoms with Gasteiger partial charge in [-0.1, -0.05) is 0 Å². The van der Waals surface area contributed by atoms with E-state index in [2.05, 4.69) is 10.2 Å². The molecule has 2 aliphatic carbocycles. The van der Waals surface area contributed by atoms with Gasteiger partial charge in [0.2, 0.25) is 5.91 Å². The van der Waals surface area contributed by atoms with Crippen LogP contribution in [0.3, 0.4) is 0 Å². The molecule has 3 unspecified atom stereocenters. The molecule has 2 aliphatic heterocycles. The molecular formula is C20H25N3O2. The minimum Gasteiger partial charge on any atom is -0.361 e. The second kappa shape index (κ2) is 5.23. The zero-order chi connectivity index (χ0) is 17.3. The van der Waals surface area contributed by atoms with Gasteiger partial charge in [0.05, 0.1) is 11.4 Å². The van der Waals surface area contributed by atoms with E-state index in [-0.39, 0.29) is 17.9 Å². The number of nitrogens with one attached hydrogen (secondary N) is 1. The minimum absolute atomic E-state index is 0.0202. The molecule has 1 aromatic rings. The van der Waals surface area contributed by atoms with Crippen molar-refractivity contribution in [1.82, 2.24) is 4.90 Å². The molecule has 1 saturated heterocycles. The summed E-state index contributed by atoms with van der Waals surface area (Å²) in [4.78, 5) is 29.2. The first-order valence-electron chi connectivity index (χ1n) is 9.53. The highest BCUT2D eigenvalue weighted by molar-refractivity contribution is 6.05. The highest BCUT2D eigenvalue weighted by atomic mass is 16.2. The number of likely N-dealkylation sites (N-methyl/N-ethyl adjacent to an activating group) is 1. The molecular weight excluding hydrogens is 314 g/mol. The van der Waals surface area contributed by atoms with Crippen molar-refractivity contribution in [2.45, 2.75) is 44.7 Å². The van der Waals surface area contributed by atoms with E-state index < -0.39 is 0 Å². The summed E-state index contributed by atoms with van der Waals surface area (Å²) in [5, 5.41) is 2.94. The lowest BCUT2D eigenvalue weighted by Gasteiger charge is -2.49. The van der Waals surface area contributed by atoms with Crippen molar-refractivity contribution in [2.24, 2.45) is 17.8 Å². The monoisotopic (exact) mass is 339 g/mol. The van der Waals surface area contributed by atoms with E-state index in [9.17, 15) is 9.59 Å². The molecule has 5 nitrogen and oxygen atoms in total. The zero-order valence-corrected chi connectivity index (χ0v) is 14.9. The quantitative estimate of drug-likeness (QED) is 0.921. The van der Waals surface area contributed by atoms with E-state index >= 15 is 0 Å². The molecule has 2 saturated carbocycles. The van der Waals surface area contributed by atoms with Gasteiger partial charge >= 0.3 is 0 Å². The third-order valence-electron chi connectivity index (χ3n) is 6.64. The van der Waals surface area contributed by atoms with Crippen LogP contribution in [0.25, 0.3) is 0 Å². The molecule has 0 aromatic heterocycles. The molecule has 0 radical (unpaired) electrons. The van der Waals surface area contributed by atoms with E-state index in [1.807, 2.05) is 37.1 Å². The fourth-order valence-electron chi connectivity index (χ4n) is 4.63. The first-order chi connectivity index (χ1) is 12.0. The molecule has 2 heterocycles. The summed E-state index contributed by atoms with van der Waals surface area (Å²) >= 11 is 0. The van der Waals surface area contributed by atoms with Crippen molar-refractivity contribution in [2.75, 3.05) is 23.8 Å². The summed E-state index contributed by atoms with van der Waals surface area (Å²) in [6.45, 7) is 2.81. The standard InChI is InChI=1S/C20H25N3O2/c1-11-19(24)21-16-9-14(7-8-17(16)22(11)2)20(25)23-10-15(12-3-4-12)18(23)13-5-6-13/h7-9,11-13,15,18H,3-6,10H2,1-2H3,(H,21,24). The SMILES string of the molecule is CC1C(=O)Nc2cc(C(=O)N3CC(C4CC4)C3C3CC3)ccc2N1C. The van der Waals surface area contributed by atoms with Crippen molar-refractivity contribution in [1.29, 1.82) is 0 Å². The Kier molecular flexibility index (Phi) is 3.19. The Bertz CT molecular complexity index is 753. The van der Waals surface area contributed by atoms with Gasteiger partial charge in [-0.05, 0) is 62.6 Å². The highest BCUT2D eigenvalue weighted by Crippen LogP contribution is 2.52. The number of hydrogen-bond acceptors (Lipinski definition) is 3. The number of likely N-dealkylation sites (tertiary alicyclic amines) is 1. The number of nitrogens with zero attached hydrogens (tertiary/aromatic N) is 2. The third kappa shape index (κ3) is 2.35. The number of benzene rings is 1. The summed E-state index contributed by atoms with van der Waals surface area (Å²) in [5.74, 6) is 2.45. The summed E-state index contributed by atoms with van der Waals surface area (Å²) < 4.78 is 0. The number of anilines is 2. The number of carbonyl (C=O) groups excluding carboxylic acids is 2. The Morgan fingerprint density at radius 1 is 1.16 bits per heavy atom. The van der Waals surface area contributed by atoms with E-state index in [0.29, 0.717) is 11.6 Å². The van der Waals surface area contributed by atoms with Crippen LogP contribution in [0.5, 0.6) is 0 Å². The molecule has 0 spiro atoms. The van der Waals surface area contributed by atoms with E-state index in [1.54, 1.807) is 0 Å². The van der Waals surface area contributed by atoms with Crippen LogP contribution in [0.1, 0.15) is 43.0 Å². The van der Waals surface area contributed by atoms with Gasteiger partial charge < -0.3 is 15.1 Å². The Balaban J connectivity index is 1.39. The number of rotatable bonds is 3. The van der Waals surface area contributed by atoms with Gasteiger partial charge in [0, 0.05) is 31.1 Å². The molecule has 1 aromatic carbocycles. The Morgan fingerprint density at radius 2 is 1.88 bits per heavy atom. The van der Waals surface area contributed by atoms with Gasteiger partial charge in [-0.15, -0.1) is 0 Å². The fourth-order valence-corrected chi connectivity index (χ4v) is 4.63. The Morgan fingerprint density at radius 3 is 2.56 bits per heavy atom. The van der Waals surface area contributed by atoms with E-state index in [0.717, 1.165) is 35.7 Å². The van der Waals surface area contributed by atoms with E-state index in [1.165, 1.54) is 25.7 Å². The number of fused-ring (bicyclic) bond motifs is 1. The van der Waals surface area contributed by atoms with Crippen LogP contribution in [0.2, 0.25) is 0 Å².